The number of amides is 2. The maximum Gasteiger partial charge on any atom is 0.262 e. The largest absolute Gasteiger partial charge is 0.497 e. The van der Waals surface area contributed by atoms with Gasteiger partial charge in [-0.05, 0) is 49.2 Å². The first kappa shape index (κ1) is 20.7. The third-order valence-electron chi connectivity index (χ3n) is 5.03. The van der Waals surface area contributed by atoms with Gasteiger partial charge in [-0.25, -0.2) is 0 Å². The molecule has 6 nitrogen and oxygen atoms in total. The Kier molecular flexibility index (Phi) is 7.50. The fourth-order valence-corrected chi connectivity index (χ4v) is 3.44. The molecule has 1 saturated carbocycles. The van der Waals surface area contributed by atoms with Gasteiger partial charge in [0.1, 0.15) is 11.5 Å². The van der Waals surface area contributed by atoms with Crippen molar-refractivity contribution in [3.63, 3.8) is 0 Å². The van der Waals surface area contributed by atoms with E-state index in [-0.39, 0.29) is 24.5 Å². The Bertz CT molecular complexity index is 812. The van der Waals surface area contributed by atoms with Crippen molar-refractivity contribution in [1.29, 1.82) is 0 Å². The normalized spacial score (nSPS) is 14.5. The lowest BCUT2D eigenvalue weighted by Crippen LogP contribution is -2.34. The number of carbonyl (C=O) groups is 2. The highest BCUT2D eigenvalue weighted by Crippen LogP contribution is 2.19. The average molecular weight is 396 g/mol. The predicted molar refractivity (Wildman–Crippen MR) is 113 cm³/mol. The zero-order valence-corrected chi connectivity index (χ0v) is 16.8. The Hall–Kier alpha value is -3.02. The number of ether oxygens (including phenoxy) is 2. The molecule has 2 aromatic carbocycles. The van der Waals surface area contributed by atoms with Crippen LogP contribution in [0.4, 0.5) is 5.69 Å². The Morgan fingerprint density at radius 2 is 1.69 bits per heavy atom. The SMILES string of the molecule is COc1cccc(NC(=O)COc2ccc(C(=O)NC3CCCCCC3)cc2)c1. The summed E-state index contributed by atoms with van der Waals surface area (Å²) in [5.74, 6) is 0.880. The Labute approximate surface area is 171 Å². The first-order valence-corrected chi connectivity index (χ1v) is 10.1. The fraction of sp³-hybridized carbons (Fsp3) is 0.391. The van der Waals surface area contributed by atoms with Crippen LogP contribution in [0.5, 0.6) is 11.5 Å². The van der Waals surface area contributed by atoms with Crippen molar-refractivity contribution in [3.8, 4) is 11.5 Å². The Morgan fingerprint density at radius 1 is 0.966 bits per heavy atom. The molecule has 2 N–H and O–H groups in total. The van der Waals surface area contributed by atoms with Gasteiger partial charge in [0.25, 0.3) is 11.8 Å². The summed E-state index contributed by atoms with van der Waals surface area (Å²) in [6.45, 7) is -0.120. The molecule has 0 atom stereocenters. The quantitative estimate of drug-likeness (QED) is 0.689. The van der Waals surface area contributed by atoms with E-state index in [4.69, 9.17) is 9.47 Å². The standard InChI is InChI=1S/C23H28N2O4/c1-28-21-10-6-9-19(15-21)24-22(26)16-29-20-13-11-17(12-14-20)23(27)25-18-7-4-2-3-5-8-18/h6,9-15,18H,2-5,7-8,16H2,1H3,(H,24,26)(H,25,27). The van der Waals surface area contributed by atoms with Crippen molar-refractivity contribution < 1.29 is 19.1 Å². The van der Waals surface area contributed by atoms with E-state index in [1.54, 1.807) is 55.6 Å². The summed E-state index contributed by atoms with van der Waals surface area (Å²) in [5.41, 5.74) is 1.24. The minimum absolute atomic E-state index is 0.0563. The maximum absolute atomic E-state index is 12.4. The third kappa shape index (κ3) is 6.52. The molecule has 29 heavy (non-hydrogen) atoms. The number of benzene rings is 2. The van der Waals surface area contributed by atoms with Crippen LogP contribution in [0.15, 0.2) is 48.5 Å². The van der Waals surface area contributed by atoms with E-state index in [1.165, 1.54) is 25.7 Å². The average Bonchev–Trinajstić information content (AvgIpc) is 3.01. The zero-order valence-electron chi connectivity index (χ0n) is 16.8. The molecule has 2 aromatic rings. The van der Waals surface area contributed by atoms with Gasteiger partial charge >= 0.3 is 0 Å². The molecule has 154 valence electrons. The molecule has 1 aliphatic rings. The van der Waals surface area contributed by atoms with Crippen molar-refractivity contribution in [2.24, 2.45) is 0 Å². The zero-order chi connectivity index (χ0) is 20.5. The van der Waals surface area contributed by atoms with E-state index in [0.717, 1.165) is 12.8 Å². The van der Waals surface area contributed by atoms with E-state index >= 15 is 0 Å². The number of hydrogen-bond acceptors (Lipinski definition) is 4. The predicted octanol–water partition coefficient (Wildman–Crippen LogP) is 4.17. The summed E-state index contributed by atoms with van der Waals surface area (Å²) < 4.78 is 10.7. The molecule has 3 rings (SSSR count). The van der Waals surface area contributed by atoms with Crippen molar-refractivity contribution in [2.45, 2.75) is 44.6 Å². The Balaban J connectivity index is 1.47. The number of hydrogen-bond donors (Lipinski definition) is 2. The van der Waals surface area contributed by atoms with Gasteiger partial charge in [0.15, 0.2) is 6.61 Å². The second kappa shape index (κ2) is 10.5. The summed E-state index contributed by atoms with van der Waals surface area (Å²) in [6, 6.07) is 14.3. The number of anilines is 1. The topological polar surface area (TPSA) is 76.7 Å². The summed E-state index contributed by atoms with van der Waals surface area (Å²) in [7, 11) is 1.57. The highest BCUT2D eigenvalue weighted by atomic mass is 16.5. The fourth-order valence-electron chi connectivity index (χ4n) is 3.44. The van der Waals surface area contributed by atoms with Crippen LogP contribution < -0.4 is 20.1 Å². The minimum Gasteiger partial charge on any atom is -0.497 e. The van der Waals surface area contributed by atoms with Crippen molar-refractivity contribution in [3.05, 3.63) is 54.1 Å². The van der Waals surface area contributed by atoms with Gasteiger partial charge in [-0.1, -0.05) is 31.7 Å². The van der Waals surface area contributed by atoms with Crippen LogP contribution in [-0.2, 0) is 4.79 Å². The number of carbonyl (C=O) groups excluding carboxylic acids is 2. The molecule has 0 radical (unpaired) electrons. The molecule has 0 saturated heterocycles. The summed E-state index contributed by atoms with van der Waals surface area (Å²) in [6.07, 6.45) is 6.96. The number of nitrogens with one attached hydrogen (secondary N) is 2. The molecule has 1 aliphatic carbocycles. The van der Waals surface area contributed by atoms with E-state index in [9.17, 15) is 9.59 Å². The second-order valence-electron chi connectivity index (χ2n) is 7.26. The lowest BCUT2D eigenvalue weighted by Gasteiger charge is -2.16. The highest BCUT2D eigenvalue weighted by molar-refractivity contribution is 5.94. The van der Waals surface area contributed by atoms with Gasteiger partial charge in [-0.3, -0.25) is 9.59 Å². The lowest BCUT2D eigenvalue weighted by molar-refractivity contribution is -0.118. The molecule has 0 heterocycles. The molecular weight excluding hydrogens is 368 g/mol. The smallest absolute Gasteiger partial charge is 0.262 e. The van der Waals surface area contributed by atoms with E-state index in [1.807, 2.05) is 0 Å². The van der Waals surface area contributed by atoms with Gasteiger partial charge in [-0.15, -0.1) is 0 Å². The molecule has 6 heteroatoms. The first-order chi connectivity index (χ1) is 14.1. The molecule has 1 fully saturated rings. The molecule has 0 aromatic heterocycles. The number of methoxy groups -OCH3 is 1. The minimum atomic E-state index is -0.270. The lowest BCUT2D eigenvalue weighted by atomic mass is 10.1. The van der Waals surface area contributed by atoms with Gasteiger partial charge < -0.3 is 20.1 Å². The maximum atomic E-state index is 12.4. The molecule has 0 bridgehead atoms. The molecule has 0 aliphatic heterocycles. The summed E-state index contributed by atoms with van der Waals surface area (Å²) in [4.78, 5) is 24.5. The highest BCUT2D eigenvalue weighted by Gasteiger charge is 2.15. The van der Waals surface area contributed by atoms with Crippen molar-refractivity contribution in [2.75, 3.05) is 19.0 Å². The van der Waals surface area contributed by atoms with Crippen molar-refractivity contribution >= 4 is 17.5 Å². The van der Waals surface area contributed by atoms with Crippen LogP contribution in [0.25, 0.3) is 0 Å². The van der Waals surface area contributed by atoms with E-state index in [0.29, 0.717) is 22.7 Å². The van der Waals surface area contributed by atoms with Crippen LogP contribution in [0.2, 0.25) is 0 Å². The van der Waals surface area contributed by atoms with E-state index < -0.39 is 0 Å². The van der Waals surface area contributed by atoms with Gasteiger partial charge in [0.2, 0.25) is 0 Å². The molecule has 0 spiro atoms. The monoisotopic (exact) mass is 396 g/mol. The van der Waals surface area contributed by atoms with Gasteiger partial charge in [0, 0.05) is 23.4 Å². The van der Waals surface area contributed by atoms with Gasteiger partial charge in [0.05, 0.1) is 7.11 Å². The first-order valence-electron chi connectivity index (χ1n) is 10.1. The van der Waals surface area contributed by atoms with Crippen LogP contribution in [0, 0.1) is 0 Å². The summed E-state index contributed by atoms with van der Waals surface area (Å²) in [5, 5.41) is 5.89. The number of rotatable bonds is 7. The summed E-state index contributed by atoms with van der Waals surface area (Å²) >= 11 is 0. The molecular formula is C23H28N2O4. The molecule has 0 unspecified atom stereocenters. The van der Waals surface area contributed by atoms with Crippen LogP contribution >= 0.6 is 0 Å². The molecule has 2 amide bonds. The van der Waals surface area contributed by atoms with Crippen LogP contribution in [-0.4, -0.2) is 31.6 Å². The second-order valence-corrected chi connectivity index (χ2v) is 7.26. The van der Waals surface area contributed by atoms with Gasteiger partial charge in [-0.2, -0.15) is 0 Å². The van der Waals surface area contributed by atoms with Crippen molar-refractivity contribution in [1.82, 2.24) is 5.32 Å². The van der Waals surface area contributed by atoms with E-state index in [2.05, 4.69) is 10.6 Å². The van der Waals surface area contributed by atoms with Crippen LogP contribution in [0.1, 0.15) is 48.9 Å². The Morgan fingerprint density at radius 3 is 2.38 bits per heavy atom. The van der Waals surface area contributed by atoms with Crippen LogP contribution in [0.3, 0.4) is 0 Å². The third-order valence-corrected chi connectivity index (χ3v) is 5.03.